The van der Waals surface area contributed by atoms with Gasteiger partial charge in [-0.25, -0.2) is 0 Å². The number of benzene rings is 1. The summed E-state index contributed by atoms with van der Waals surface area (Å²) in [5.74, 6) is 0.353. The molecule has 0 aliphatic carbocycles. The smallest absolute Gasteiger partial charge is 0.308 e. The Hall–Kier alpha value is -2.67. The number of carbonyl (C=O) groups excluding carboxylic acids is 1. The Morgan fingerprint density at radius 1 is 1.13 bits per heavy atom. The van der Waals surface area contributed by atoms with Crippen LogP contribution in [0.3, 0.4) is 0 Å². The molecule has 1 atom stereocenters. The Labute approximate surface area is 176 Å². The molecule has 0 bridgehead atoms. The average molecular weight is 411 g/mol. The molecule has 7 nitrogen and oxygen atoms in total. The largest absolute Gasteiger partial charge is 0.451 e. The van der Waals surface area contributed by atoms with Crippen molar-refractivity contribution in [1.29, 1.82) is 0 Å². The number of amides is 1. The molecule has 1 aliphatic heterocycles. The Morgan fingerprint density at radius 3 is 2.67 bits per heavy atom. The molecule has 2 aromatic heterocycles. The minimum Gasteiger partial charge on any atom is -0.451 e. The quantitative estimate of drug-likeness (QED) is 0.645. The maximum Gasteiger partial charge on any atom is 0.308 e. The number of hydrogen-bond acceptors (Lipinski definition) is 6. The summed E-state index contributed by atoms with van der Waals surface area (Å²) in [5.41, 5.74) is 2.84. The molecule has 30 heavy (non-hydrogen) atoms. The van der Waals surface area contributed by atoms with Crippen molar-refractivity contribution in [2.45, 2.75) is 58.9 Å². The maximum absolute atomic E-state index is 12.5. The molecule has 1 N–H and O–H groups in total. The lowest BCUT2D eigenvalue weighted by Gasteiger charge is -2.27. The molecule has 1 aliphatic rings. The topological polar surface area (TPSA) is 84.4 Å². The summed E-state index contributed by atoms with van der Waals surface area (Å²) in [6, 6.07) is 6.43. The third kappa shape index (κ3) is 4.41. The fraction of sp³-hybridized carbons (Fsp3) is 0.522. The second-order valence-electron chi connectivity index (χ2n) is 8.31. The fourth-order valence-electron chi connectivity index (χ4n) is 4.13. The Bertz CT molecular complexity index is 1010. The van der Waals surface area contributed by atoms with Crippen LogP contribution in [0.1, 0.15) is 60.8 Å². The van der Waals surface area contributed by atoms with Crippen molar-refractivity contribution in [3.8, 4) is 11.7 Å². The molecule has 3 heterocycles. The average Bonchev–Trinajstić information content (AvgIpc) is 3.23. The summed E-state index contributed by atoms with van der Waals surface area (Å²) < 4.78 is 11.5. The molecule has 1 aromatic carbocycles. The highest BCUT2D eigenvalue weighted by Gasteiger charge is 2.22. The fourth-order valence-corrected chi connectivity index (χ4v) is 4.13. The van der Waals surface area contributed by atoms with Crippen molar-refractivity contribution in [3.05, 3.63) is 35.2 Å². The molecule has 0 radical (unpaired) electrons. The van der Waals surface area contributed by atoms with E-state index in [1.54, 1.807) is 0 Å². The van der Waals surface area contributed by atoms with Crippen LogP contribution < -0.4 is 5.32 Å². The second-order valence-corrected chi connectivity index (χ2v) is 8.31. The van der Waals surface area contributed by atoms with Gasteiger partial charge in [-0.2, -0.15) is 0 Å². The molecule has 1 fully saturated rings. The number of aryl methyl sites for hydroxylation is 2. The van der Waals surface area contributed by atoms with E-state index in [0.29, 0.717) is 18.3 Å². The monoisotopic (exact) mass is 410 g/mol. The number of nitrogens with zero attached hydrogens (tertiary/aromatic N) is 3. The second kappa shape index (κ2) is 9.00. The molecule has 1 unspecified atom stereocenters. The maximum atomic E-state index is 12.5. The van der Waals surface area contributed by atoms with Gasteiger partial charge in [0.1, 0.15) is 5.58 Å². The minimum absolute atomic E-state index is 0.0385. The lowest BCUT2D eigenvalue weighted by molar-refractivity contribution is 0.0914. The zero-order valence-corrected chi connectivity index (χ0v) is 18.0. The first-order valence-electron chi connectivity index (χ1n) is 10.9. The lowest BCUT2D eigenvalue weighted by Crippen LogP contribution is -2.37. The van der Waals surface area contributed by atoms with Crippen LogP contribution in [0.15, 0.2) is 27.0 Å². The summed E-state index contributed by atoms with van der Waals surface area (Å²) >= 11 is 0. The number of likely N-dealkylation sites (tertiary alicyclic amines) is 1. The van der Waals surface area contributed by atoms with E-state index in [1.807, 2.05) is 26.0 Å². The van der Waals surface area contributed by atoms with E-state index in [0.717, 1.165) is 41.6 Å². The molecule has 160 valence electrons. The highest BCUT2D eigenvalue weighted by atomic mass is 16.4. The first-order valence-corrected chi connectivity index (χ1v) is 10.9. The summed E-state index contributed by atoms with van der Waals surface area (Å²) in [7, 11) is 0. The number of furan rings is 1. The van der Waals surface area contributed by atoms with Gasteiger partial charge >= 0.3 is 11.8 Å². The van der Waals surface area contributed by atoms with Crippen LogP contribution in [0.25, 0.3) is 22.6 Å². The van der Waals surface area contributed by atoms with E-state index in [-0.39, 0.29) is 17.7 Å². The van der Waals surface area contributed by atoms with Crippen LogP contribution in [-0.4, -0.2) is 46.7 Å². The van der Waals surface area contributed by atoms with Crippen molar-refractivity contribution >= 4 is 16.9 Å². The number of rotatable bonds is 6. The van der Waals surface area contributed by atoms with E-state index >= 15 is 0 Å². The molecule has 1 amide bonds. The van der Waals surface area contributed by atoms with Crippen LogP contribution in [0, 0.1) is 13.8 Å². The van der Waals surface area contributed by atoms with Gasteiger partial charge in [-0.3, -0.25) is 4.79 Å². The zero-order valence-electron chi connectivity index (χ0n) is 18.0. The highest BCUT2D eigenvalue weighted by Crippen LogP contribution is 2.32. The molecule has 3 aromatic rings. The van der Waals surface area contributed by atoms with Gasteiger partial charge in [0.15, 0.2) is 5.76 Å². The van der Waals surface area contributed by atoms with Crippen molar-refractivity contribution < 1.29 is 13.6 Å². The predicted octanol–water partition coefficient (Wildman–Crippen LogP) is 4.48. The minimum atomic E-state index is -0.346. The van der Waals surface area contributed by atoms with Gasteiger partial charge in [-0.05, 0) is 65.3 Å². The van der Waals surface area contributed by atoms with Crippen LogP contribution in [0.4, 0.5) is 0 Å². The lowest BCUT2D eigenvalue weighted by atomic mass is 10.1. The normalized spacial score (nSPS) is 16.5. The molecule has 1 saturated heterocycles. The number of fused-ring (bicyclic) bond motifs is 1. The van der Waals surface area contributed by atoms with Crippen molar-refractivity contribution in [3.63, 3.8) is 0 Å². The van der Waals surface area contributed by atoms with Gasteiger partial charge in [0.05, 0.1) is 0 Å². The highest BCUT2D eigenvalue weighted by molar-refractivity contribution is 5.90. The molecule has 0 saturated carbocycles. The van der Waals surface area contributed by atoms with E-state index in [2.05, 4.69) is 33.4 Å². The molecular formula is C23H30N4O3. The SMILES string of the molecule is Cc1ccc2oc(-c3nnc(C(=O)NCCC(C)N4CCCCCC4)o3)c(C)c2c1. The van der Waals surface area contributed by atoms with Crippen molar-refractivity contribution in [1.82, 2.24) is 20.4 Å². The summed E-state index contributed by atoms with van der Waals surface area (Å²) in [4.78, 5) is 15.0. The third-order valence-electron chi connectivity index (χ3n) is 6.02. The van der Waals surface area contributed by atoms with Crippen LogP contribution in [0.5, 0.6) is 0 Å². The summed E-state index contributed by atoms with van der Waals surface area (Å²) in [6.07, 6.45) is 6.08. The van der Waals surface area contributed by atoms with Gasteiger partial charge in [0, 0.05) is 23.5 Å². The Kier molecular flexibility index (Phi) is 6.18. The molecule has 0 spiro atoms. The number of hydrogen-bond donors (Lipinski definition) is 1. The van der Waals surface area contributed by atoms with Gasteiger partial charge < -0.3 is 19.1 Å². The van der Waals surface area contributed by atoms with Gasteiger partial charge in [-0.1, -0.05) is 24.5 Å². The van der Waals surface area contributed by atoms with Crippen molar-refractivity contribution in [2.75, 3.05) is 19.6 Å². The van der Waals surface area contributed by atoms with E-state index in [9.17, 15) is 4.79 Å². The van der Waals surface area contributed by atoms with Gasteiger partial charge in [0.25, 0.3) is 5.89 Å². The number of carbonyl (C=O) groups is 1. The van der Waals surface area contributed by atoms with Gasteiger partial charge in [-0.15, -0.1) is 10.2 Å². The number of nitrogens with one attached hydrogen (secondary N) is 1. The van der Waals surface area contributed by atoms with E-state index in [4.69, 9.17) is 8.83 Å². The Morgan fingerprint density at radius 2 is 1.90 bits per heavy atom. The third-order valence-corrected chi connectivity index (χ3v) is 6.02. The van der Waals surface area contributed by atoms with E-state index < -0.39 is 0 Å². The summed E-state index contributed by atoms with van der Waals surface area (Å²) in [5, 5.41) is 11.9. The predicted molar refractivity (Wildman–Crippen MR) is 115 cm³/mol. The zero-order chi connectivity index (χ0) is 21.1. The molecular weight excluding hydrogens is 380 g/mol. The first kappa shape index (κ1) is 20.6. The standard InChI is InChI=1S/C23H30N4O3/c1-15-8-9-19-18(14-15)17(3)20(29-19)22-25-26-23(30-22)21(28)24-11-10-16(2)27-12-6-4-5-7-13-27/h8-9,14,16H,4-7,10-13H2,1-3H3,(H,24,28). The van der Waals surface area contributed by atoms with Crippen LogP contribution in [-0.2, 0) is 0 Å². The molecule has 4 rings (SSSR count). The first-order chi connectivity index (χ1) is 14.5. The molecule has 7 heteroatoms. The number of aromatic nitrogens is 2. The van der Waals surface area contributed by atoms with Crippen LogP contribution in [0.2, 0.25) is 0 Å². The Balaban J connectivity index is 1.37. The van der Waals surface area contributed by atoms with Crippen LogP contribution >= 0.6 is 0 Å². The summed E-state index contributed by atoms with van der Waals surface area (Å²) in [6.45, 7) is 9.10. The van der Waals surface area contributed by atoms with Crippen molar-refractivity contribution in [2.24, 2.45) is 0 Å². The van der Waals surface area contributed by atoms with Gasteiger partial charge in [0.2, 0.25) is 0 Å². The van der Waals surface area contributed by atoms with E-state index in [1.165, 1.54) is 25.7 Å².